The Hall–Kier alpha value is -0.909. The Balaban J connectivity index is 2.68. The Morgan fingerprint density at radius 1 is 0.522 bits per heavy atom. The third-order valence-electron chi connectivity index (χ3n) is 4.32. The second-order valence-electron chi connectivity index (χ2n) is 9.29. The molecule has 0 heterocycles. The van der Waals surface area contributed by atoms with Crippen LogP contribution in [0, 0.1) is 0 Å². The zero-order valence-electron chi connectivity index (χ0n) is 15.7. The second kappa shape index (κ2) is 6.91. The van der Waals surface area contributed by atoms with Gasteiger partial charge in [0, 0.05) is 16.1 Å². The fourth-order valence-electron chi connectivity index (χ4n) is 3.96. The maximum Gasteiger partial charge on any atom is 0.113 e. The number of hydrogen-bond acceptors (Lipinski definition) is 0. The maximum absolute atomic E-state index is 2.55. The van der Waals surface area contributed by atoms with Crippen LogP contribution in [-0.4, -0.2) is 24.2 Å². The van der Waals surface area contributed by atoms with Gasteiger partial charge < -0.3 is 0 Å². The van der Waals surface area contributed by atoms with Crippen LogP contribution in [0.1, 0.15) is 0 Å². The minimum atomic E-state index is -1.70. The molecular formula is C20H32Si3. The lowest BCUT2D eigenvalue weighted by molar-refractivity contribution is 1.48. The molecule has 0 spiro atoms. The summed E-state index contributed by atoms with van der Waals surface area (Å²) in [5, 5.41) is 3.30. The molecule has 124 valence electrons. The van der Waals surface area contributed by atoms with Crippen LogP contribution in [0.2, 0.25) is 50.6 Å². The first-order chi connectivity index (χ1) is 10.6. The molecule has 3 heteroatoms. The fourth-order valence-corrected chi connectivity index (χ4v) is 25.3. The van der Waals surface area contributed by atoms with Crippen molar-refractivity contribution in [2.45, 2.75) is 50.6 Å². The van der Waals surface area contributed by atoms with E-state index in [9.17, 15) is 0 Å². The summed E-state index contributed by atoms with van der Waals surface area (Å²) in [5.41, 5.74) is 2.91. The summed E-state index contributed by atoms with van der Waals surface area (Å²) in [4.78, 5) is 0. The summed E-state index contributed by atoms with van der Waals surface area (Å²) in [6.07, 6.45) is 0. The molecule has 0 radical (unpaired) electrons. The molecule has 2 rings (SSSR count). The highest BCUT2D eigenvalue weighted by Gasteiger charge is 2.43. The van der Waals surface area contributed by atoms with E-state index in [0.29, 0.717) is 0 Å². The van der Waals surface area contributed by atoms with Gasteiger partial charge in [0.1, 0.15) is 8.07 Å². The first-order valence-corrected chi connectivity index (χ1v) is 18.6. The van der Waals surface area contributed by atoms with Crippen molar-refractivity contribution in [3.05, 3.63) is 60.7 Å². The monoisotopic (exact) mass is 356 g/mol. The molecule has 2 aromatic carbocycles. The molecule has 0 aliphatic carbocycles. The van der Waals surface area contributed by atoms with Gasteiger partial charge in [0.2, 0.25) is 0 Å². The van der Waals surface area contributed by atoms with Gasteiger partial charge in [0.15, 0.2) is 0 Å². The third-order valence-corrected chi connectivity index (χ3v) is 20.5. The van der Waals surface area contributed by atoms with Crippen LogP contribution in [-0.2, 0) is 0 Å². The normalized spacial score (nSPS) is 13.1. The average Bonchev–Trinajstić information content (AvgIpc) is 2.45. The van der Waals surface area contributed by atoms with Gasteiger partial charge in [0.05, 0.1) is 0 Å². The summed E-state index contributed by atoms with van der Waals surface area (Å²) in [6, 6.07) is 23.0. The molecule has 0 aliphatic heterocycles. The van der Waals surface area contributed by atoms with Gasteiger partial charge in [-0.25, -0.2) is 0 Å². The topological polar surface area (TPSA) is 0 Å². The molecule has 0 bridgehead atoms. The van der Waals surface area contributed by atoms with Crippen molar-refractivity contribution in [3.63, 3.8) is 0 Å². The summed E-state index contributed by atoms with van der Waals surface area (Å²) in [5.74, 6) is 0. The van der Waals surface area contributed by atoms with Gasteiger partial charge in [-0.3, -0.25) is 0 Å². The molecule has 0 saturated carbocycles. The van der Waals surface area contributed by atoms with Crippen molar-refractivity contribution >= 4 is 34.6 Å². The average molecular weight is 357 g/mol. The van der Waals surface area contributed by atoms with Crippen LogP contribution >= 0.6 is 0 Å². The zero-order valence-corrected chi connectivity index (χ0v) is 18.7. The molecule has 0 atom stereocenters. The summed E-state index contributed by atoms with van der Waals surface area (Å²) in [7, 11) is -4.04. The van der Waals surface area contributed by atoms with E-state index in [1.165, 1.54) is 11.3 Å². The lowest BCUT2D eigenvalue weighted by Crippen LogP contribution is -2.64. The number of benzene rings is 2. The van der Waals surface area contributed by atoms with Crippen LogP contribution in [0.4, 0.5) is 0 Å². The molecule has 0 fully saturated rings. The Labute approximate surface area is 146 Å². The SMILES string of the molecule is C[Si](C)(C)C[Si](C[Si](C)(C)C)(c1ccccc1)c1ccccc1. The molecule has 0 saturated heterocycles. The van der Waals surface area contributed by atoms with Crippen LogP contribution in [0.15, 0.2) is 60.7 Å². The van der Waals surface area contributed by atoms with Gasteiger partial charge in [-0.15, -0.1) is 0 Å². The quantitative estimate of drug-likeness (QED) is 0.639. The Morgan fingerprint density at radius 2 is 0.826 bits per heavy atom. The van der Waals surface area contributed by atoms with Gasteiger partial charge in [-0.1, -0.05) is 122 Å². The summed E-state index contributed by atoms with van der Waals surface area (Å²) >= 11 is 0. The van der Waals surface area contributed by atoms with Gasteiger partial charge in [-0.05, 0) is 0 Å². The molecule has 0 nitrogen and oxygen atoms in total. The minimum Gasteiger partial charge on any atom is -0.0697 e. The smallest absolute Gasteiger partial charge is 0.0697 e. The van der Waals surface area contributed by atoms with Crippen LogP contribution in [0.3, 0.4) is 0 Å². The van der Waals surface area contributed by atoms with Gasteiger partial charge >= 0.3 is 0 Å². The van der Waals surface area contributed by atoms with Gasteiger partial charge in [-0.2, -0.15) is 0 Å². The van der Waals surface area contributed by atoms with E-state index in [1.807, 2.05) is 0 Å². The van der Waals surface area contributed by atoms with E-state index >= 15 is 0 Å². The van der Waals surface area contributed by atoms with Crippen molar-refractivity contribution in [1.29, 1.82) is 0 Å². The molecule has 0 N–H and O–H groups in total. The predicted molar refractivity (Wildman–Crippen MR) is 114 cm³/mol. The first-order valence-electron chi connectivity index (χ1n) is 8.74. The van der Waals surface area contributed by atoms with E-state index in [1.54, 1.807) is 10.4 Å². The van der Waals surface area contributed by atoms with Crippen molar-refractivity contribution < 1.29 is 0 Å². The third kappa shape index (κ3) is 5.03. The van der Waals surface area contributed by atoms with E-state index in [-0.39, 0.29) is 0 Å². The highest BCUT2D eigenvalue weighted by atomic mass is 28.4. The Kier molecular flexibility index (Phi) is 5.54. The molecule has 2 aromatic rings. The molecule has 23 heavy (non-hydrogen) atoms. The maximum atomic E-state index is 2.55. The van der Waals surface area contributed by atoms with Crippen LogP contribution < -0.4 is 10.4 Å². The Morgan fingerprint density at radius 3 is 1.09 bits per heavy atom. The predicted octanol–water partition coefficient (Wildman–Crippen LogP) is 5.00. The lowest BCUT2D eigenvalue weighted by Gasteiger charge is -2.41. The molecule has 0 amide bonds. The standard InChI is InChI=1S/C20H32Si3/c1-21(2,3)17-23(18-22(4,5)6,19-13-9-7-10-14-19)20-15-11-8-12-16-20/h7-16H,17-18H2,1-6H3. The number of rotatable bonds is 6. The van der Waals surface area contributed by atoms with E-state index in [0.717, 1.165) is 0 Å². The molecule has 0 aromatic heterocycles. The molecular weight excluding hydrogens is 324 g/mol. The van der Waals surface area contributed by atoms with Crippen molar-refractivity contribution in [3.8, 4) is 0 Å². The summed E-state index contributed by atoms with van der Waals surface area (Å²) < 4.78 is 0. The zero-order chi connectivity index (χ0) is 17.1. The van der Waals surface area contributed by atoms with Crippen LogP contribution in [0.5, 0.6) is 0 Å². The largest absolute Gasteiger partial charge is 0.113 e. The van der Waals surface area contributed by atoms with E-state index in [4.69, 9.17) is 0 Å². The van der Waals surface area contributed by atoms with Crippen LogP contribution in [0.25, 0.3) is 0 Å². The number of hydrogen-bond donors (Lipinski definition) is 0. The highest BCUT2D eigenvalue weighted by Crippen LogP contribution is 2.28. The van der Waals surface area contributed by atoms with Crippen molar-refractivity contribution in [2.75, 3.05) is 0 Å². The van der Waals surface area contributed by atoms with E-state index in [2.05, 4.69) is 99.9 Å². The van der Waals surface area contributed by atoms with Crippen molar-refractivity contribution in [2.24, 2.45) is 0 Å². The Bertz CT molecular complexity index is 549. The molecule has 0 aliphatic rings. The first kappa shape index (κ1) is 18.4. The molecule has 0 unspecified atom stereocenters. The lowest BCUT2D eigenvalue weighted by atomic mass is 10.4. The van der Waals surface area contributed by atoms with Crippen molar-refractivity contribution in [1.82, 2.24) is 0 Å². The minimum absolute atomic E-state index is 1.17. The highest BCUT2D eigenvalue weighted by molar-refractivity contribution is 7.15. The second-order valence-corrected chi connectivity index (χ2v) is 25.7. The summed E-state index contributed by atoms with van der Waals surface area (Å²) in [6.45, 7) is 15.3. The van der Waals surface area contributed by atoms with E-state index < -0.39 is 24.2 Å². The van der Waals surface area contributed by atoms with Gasteiger partial charge in [0.25, 0.3) is 0 Å². The fraction of sp³-hybridized carbons (Fsp3) is 0.400.